The predicted octanol–water partition coefficient (Wildman–Crippen LogP) is 2.87. The Kier molecular flexibility index (Phi) is 5.24. The van der Waals surface area contributed by atoms with Gasteiger partial charge in [0.1, 0.15) is 5.82 Å². The SMILES string of the molecule is O=C(Nc1ccc(F)nc1)NC(CO)c1ccc(Cl)c(F)c1. The van der Waals surface area contributed by atoms with E-state index < -0.39 is 30.4 Å². The Morgan fingerprint density at radius 3 is 2.68 bits per heavy atom. The second kappa shape index (κ2) is 7.15. The number of aromatic nitrogens is 1. The van der Waals surface area contributed by atoms with Crippen molar-refractivity contribution in [1.82, 2.24) is 10.3 Å². The second-order valence-electron chi connectivity index (χ2n) is 4.38. The fourth-order valence-corrected chi connectivity index (χ4v) is 1.86. The molecule has 0 saturated carbocycles. The van der Waals surface area contributed by atoms with Crippen molar-refractivity contribution in [3.05, 3.63) is 58.9 Å². The number of nitrogens with one attached hydrogen (secondary N) is 2. The van der Waals surface area contributed by atoms with Crippen LogP contribution in [0.25, 0.3) is 0 Å². The van der Waals surface area contributed by atoms with Crippen LogP contribution in [0.5, 0.6) is 0 Å². The predicted molar refractivity (Wildman–Crippen MR) is 77.6 cm³/mol. The Balaban J connectivity index is 2.04. The average molecular weight is 328 g/mol. The van der Waals surface area contributed by atoms with E-state index in [1.165, 1.54) is 18.2 Å². The van der Waals surface area contributed by atoms with Crippen LogP contribution in [0, 0.1) is 11.8 Å². The number of nitrogens with zero attached hydrogens (tertiary/aromatic N) is 1. The lowest BCUT2D eigenvalue weighted by molar-refractivity contribution is 0.225. The molecule has 22 heavy (non-hydrogen) atoms. The molecule has 1 aromatic heterocycles. The van der Waals surface area contributed by atoms with Crippen molar-refractivity contribution in [3.63, 3.8) is 0 Å². The third-order valence-corrected chi connectivity index (χ3v) is 3.13. The number of carbonyl (C=O) groups is 1. The number of carbonyl (C=O) groups excluding carboxylic acids is 1. The molecule has 116 valence electrons. The molecule has 8 heteroatoms. The number of hydrogen-bond donors (Lipinski definition) is 3. The van der Waals surface area contributed by atoms with E-state index in [2.05, 4.69) is 15.6 Å². The fourth-order valence-electron chi connectivity index (χ4n) is 1.74. The van der Waals surface area contributed by atoms with Crippen LogP contribution in [-0.4, -0.2) is 22.7 Å². The molecule has 0 aliphatic rings. The topological polar surface area (TPSA) is 74.2 Å². The fraction of sp³-hybridized carbons (Fsp3) is 0.143. The lowest BCUT2D eigenvalue weighted by Crippen LogP contribution is -2.34. The van der Waals surface area contributed by atoms with Crippen molar-refractivity contribution < 1.29 is 18.7 Å². The summed E-state index contributed by atoms with van der Waals surface area (Å²) in [5.41, 5.74) is 0.634. The Labute approximate surface area is 129 Å². The summed E-state index contributed by atoms with van der Waals surface area (Å²) in [5.74, 6) is -1.32. The molecule has 2 aromatic rings. The number of pyridine rings is 1. The van der Waals surface area contributed by atoms with Crippen molar-refractivity contribution in [2.45, 2.75) is 6.04 Å². The van der Waals surface area contributed by atoms with E-state index in [0.717, 1.165) is 18.3 Å². The molecule has 1 aromatic carbocycles. The maximum atomic E-state index is 13.4. The first-order valence-electron chi connectivity index (χ1n) is 6.24. The van der Waals surface area contributed by atoms with Crippen LogP contribution in [0.1, 0.15) is 11.6 Å². The number of benzene rings is 1. The molecule has 2 rings (SSSR count). The molecule has 0 fully saturated rings. The lowest BCUT2D eigenvalue weighted by Gasteiger charge is -2.17. The molecule has 5 nitrogen and oxygen atoms in total. The summed E-state index contributed by atoms with van der Waals surface area (Å²) >= 11 is 5.58. The highest BCUT2D eigenvalue weighted by Crippen LogP contribution is 2.20. The first-order chi connectivity index (χ1) is 10.5. The molecule has 1 atom stereocenters. The molecule has 0 aliphatic heterocycles. The Bertz CT molecular complexity index is 668. The Hall–Kier alpha value is -2.25. The summed E-state index contributed by atoms with van der Waals surface area (Å²) < 4.78 is 26.1. The van der Waals surface area contributed by atoms with Crippen molar-refractivity contribution in [2.24, 2.45) is 0 Å². The third-order valence-electron chi connectivity index (χ3n) is 2.82. The number of aliphatic hydroxyl groups excluding tert-OH is 1. The van der Waals surface area contributed by atoms with Crippen LogP contribution in [0.2, 0.25) is 5.02 Å². The van der Waals surface area contributed by atoms with Gasteiger partial charge >= 0.3 is 6.03 Å². The zero-order valence-corrected chi connectivity index (χ0v) is 11.9. The minimum absolute atomic E-state index is 0.0534. The molecule has 0 radical (unpaired) electrons. The minimum atomic E-state index is -0.819. The highest BCUT2D eigenvalue weighted by Gasteiger charge is 2.15. The van der Waals surface area contributed by atoms with Crippen molar-refractivity contribution >= 4 is 23.3 Å². The van der Waals surface area contributed by atoms with Crippen LogP contribution in [0.15, 0.2) is 36.5 Å². The van der Waals surface area contributed by atoms with E-state index in [1.54, 1.807) is 0 Å². The van der Waals surface area contributed by atoms with Crippen LogP contribution in [-0.2, 0) is 0 Å². The van der Waals surface area contributed by atoms with Gasteiger partial charge in [0.2, 0.25) is 5.95 Å². The van der Waals surface area contributed by atoms with Gasteiger partial charge in [-0.2, -0.15) is 4.39 Å². The number of halogens is 3. The summed E-state index contributed by atoms with van der Waals surface area (Å²) in [6.07, 6.45) is 1.14. The molecule has 0 saturated heterocycles. The number of rotatable bonds is 4. The van der Waals surface area contributed by atoms with E-state index in [4.69, 9.17) is 11.6 Å². The smallest absolute Gasteiger partial charge is 0.319 e. The molecule has 0 bridgehead atoms. The van der Waals surface area contributed by atoms with Gasteiger partial charge in [-0.05, 0) is 29.8 Å². The molecular formula is C14H12ClF2N3O2. The third kappa shape index (κ3) is 4.12. The van der Waals surface area contributed by atoms with Gasteiger partial charge in [-0.1, -0.05) is 17.7 Å². The Morgan fingerprint density at radius 2 is 2.09 bits per heavy atom. The number of aliphatic hydroxyl groups is 1. The summed E-state index contributed by atoms with van der Waals surface area (Å²) in [5, 5.41) is 14.2. The van der Waals surface area contributed by atoms with E-state index in [-0.39, 0.29) is 10.7 Å². The van der Waals surface area contributed by atoms with Crippen LogP contribution < -0.4 is 10.6 Å². The zero-order valence-electron chi connectivity index (χ0n) is 11.2. The Morgan fingerprint density at radius 1 is 1.32 bits per heavy atom. The van der Waals surface area contributed by atoms with Crippen LogP contribution in [0.4, 0.5) is 19.3 Å². The molecule has 0 spiro atoms. The van der Waals surface area contributed by atoms with E-state index >= 15 is 0 Å². The number of hydrogen-bond acceptors (Lipinski definition) is 3. The molecular weight excluding hydrogens is 316 g/mol. The van der Waals surface area contributed by atoms with Gasteiger partial charge in [0.25, 0.3) is 0 Å². The number of anilines is 1. The highest BCUT2D eigenvalue weighted by molar-refractivity contribution is 6.30. The van der Waals surface area contributed by atoms with Crippen molar-refractivity contribution in [2.75, 3.05) is 11.9 Å². The van der Waals surface area contributed by atoms with Gasteiger partial charge < -0.3 is 15.7 Å². The van der Waals surface area contributed by atoms with Crippen LogP contribution >= 0.6 is 11.6 Å². The second-order valence-corrected chi connectivity index (χ2v) is 4.78. The summed E-state index contributed by atoms with van der Waals surface area (Å²) in [6, 6.07) is 4.90. The first-order valence-corrected chi connectivity index (χ1v) is 6.62. The molecule has 3 N–H and O–H groups in total. The van der Waals surface area contributed by atoms with Gasteiger partial charge in [0.05, 0.1) is 29.6 Å². The lowest BCUT2D eigenvalue weighted by atomic mass is 10.1. The van der Waals surface area contributed by atoms with Gasteiger partial charge in [-0.15, -0.1) is 0 Å². The monoisotopic (exact) mass is 327 g/mol. The molecule has 1 heterocycles. The maximum absolute atomic E-state index is 13.4. The molecule has 0 aliphatic carbocycles. The first kappa shape index (κ1) is 16.1. The van der Waals surface area contributed by atoms with Gasteiger partial charge in [-0.25, -0.2) is 14.2 Å². The molecule has 1 unspecified atom stereocenters. The minimum Gasteiger partial charge on any atom is -0.394 e. The number of urea groups is 1. The summed E-state index contributed by atoms with van der Waals surface area (Å²) in [7, 11) is 0. The van der Waals surface area contributed by atoms with E-state index in [9.17, 15) is 18.7 Å². The van der Waals surface area contributed by atoms with Gasteiger partial charge in [-0.3, -0.25) is 0 Å². The van der Waals surface area contributed by atoms with E-state index in [1.807, 2.05) is 0 Å². The van der Waals surface area contributed by atoms with Crippen LogP contribution in [0.3, 0.4) is 0 Å². The average Bonchev–Trinajstić information content (AvgIpc) is 2.50. The highest BCUT2D eigenvalue weighted by atomic mass is 35.5. The van der Waals surface area contributed by atoms with Crippen molar-refractivity contribution in [1.29, 1.82) is 0 Å². The quantitative estimate of drug-likeness (QED) is 0.756. The zero-order chi connectivity index (χ0) is 16.1. The van der Waals surface area contributed by atoms with Crippen molar-refractivity contribution in [3.8, 4) is 0 Å². The summed E-state index contributed by atoms with van der Waals surface area (Å²) in [4.78, 5) is 15.2. The normalized spacial score (nSPS) is 11.8. The summed E-state index contributed by atoms with van der Waals surface area (Å²) in [6.45, 7) is -0.434. The standard InChI is InChI=1S/C14H12ClF2N3O2/c15-10-3-1-8(5-11(10)16)12(7-21)20-14(22)19-9-2-4-13(17)18-6-9/h1-6,12,21H,7H2,(H2,19,20,22). The van der Waals surface area contributed by atoms with Gasteiger partial charge in [0, 0.05) is 0 Å². The largest absolute Gasteiger partial charge is 0.394 e. The number of amides is 2. The maximum Gasteiger partial charge on any atom is 0.319 e. The van der Waals surface area contributed by atoms with E-state index in [0.29, 0.717) is 5.56 Å². The molecule has 2 amide bonds. The van der Waals surface area contributed by atoms with Gasteiger partial charge in [0.15, 0.2) is 0 Å².